The summed E-state index contributed by atoms with van der Waals surface area (Å²) in [6.45, 7) is 9.58. The normalized spacial score (nSPS) is 12.8. The van der Waals surface area contributed by atoms with Crippen LogP contribution in [0.3, 0.4) is 0 Å². The van der Waals surface area contributed by atoms with E-state index in [2.05, 4.69) is 16.0 Å². The highest BCUT2D eigenvalue weighted by molar-refractivity contribution is 7.09. The van der Waals surface area contributed by atoms with Gasteiger partial charge >= 0.3 is 17.9 Å². The van der Waals surface area contributed by atoms with E-state index in [1.807, 2.05) is 49.6 Å². The summed E-state index contributed by atoms with van der Waals surface area (Å²) in [5.41, 5.74) is 3.48. The van der Waals surface area contributed by atoms with Gasteiger partial charge in [0, 0.05) is 19.9 Å². The Hall–Kier alpha value is -5.21. The van der Waals surface area contributed by atoms with E-state index in [4.69, 9.17) is 49.0 Å². The predicted molar refractivity (Wildman–Crippen MR) is 246 cm³/mol. The van der Waals surface area contributed by atoms with Gasteiger partial charge in [-0.25, -0.2) is 14.4 Å². The Morgan fingerprint density at radius 1 is 0.619 bits per heavy atom. The Balaban J connectivity index is 0.000000252. The maximum Gasteiger partial charge on any atom is 0.328 e. The Bertz CT molecular complexity index is 2160. The molecular formula is C47H54Cl3N3O9S. The van der Waals surface area contributed by atoms with Gasteiger partial charge in [0.1, 0.15) is 31.3 Å². The molecule has 0 spiro atoms. The molecule has 1 aromatic heterocycles. The lowest BCUT2D eigenvalue weighted by Crippen LogP contribution is -2.40. The van der Waals surface area contributed by atoms with Crippen LogP contribution in [0.15, 0.2) is 102 Å². The molecule has 1 saturated carbocycles. The minimum absolute atomic E-state index is 0.170. The zero-order chi connectivity index (χ0) is 46.3. The van der Waals surface area contributed by atoms with Crippen molar-refractivity contribution < 1.29 is 43.0 Å². The van der Waals surface area contributed by atoms with E-state index in [1.165, 1.54) is 11.3 Å². The van der Waals surface area contributed by atoms with Crippen molar-refractivity contribution >= 4 is 81.8 Å². The van der Waals surface area contributed by atoms with E-state index in [0.717, 1.165) is 40.0 Å². The summed E-state index contributed by atoms with van der Waals surface area (Å²) in [6.07, 6.45) is 4.60. The second-order valence-electron chi connectivity index (χ2n) is 15.0. The molecule has 0 saturated heterocycles. The van der Waals surface area contributed by atoms with Gasteiger partial charge in [0.05, 0.1) is 25.9 Å². The minimum Gasteiger partial charge on any atom is -0.464 e. The first-order valence-electron chi connectivity index (χ1n) is 20.2. The third-order valence-electron chi connectivity index (χ3n) is 8.77. The smallest absolute Gasteiger partial charge is 0.328 e. The summed E-state index contributed by atoms with van der Waals surface area (Å²) in [5.74, 6) is -1.47. The number of thiophene rings is 1. The fourth-order valence-corrected chi connectivity index (χ4v) is 6.49. The molecule has 5 rings (SSSR count). The summed E-state index contributed by atoms with van der Waals surface area (Å²) < 4.78 is 15.3. The standard InChI is InChI=1S/C16H16ClNO3S.C16H20ClNO3.C15H18ClNO3/c1-11(16(20)21-10-14-6-3-7-22-14)18-15(19)9-12-4-2-5-13(17)8-12;1-11(2)7-8-21-16(20)12(3)18-15(19)10-13-5-4-6-14(17)9-13;1-10(15(19)20-9-11-5-6-11)17-14(18)8-12-3-2-4-13(16)7-12/h2-8,11H,9-10H2,1H3,(H,18,19);4-7,9,12H,8,10H2,1-3H3,(H,18,19);2-4,7,10-11H,5-6,8-9H2,1H3,(H,17,18)/t11-;12-;10-/m000/s1. The maximum absolute atomic E-state index is 11.9. The highest BCUT2D eigenvalue weighted by Gasteiger charge is 2.25. The molecule has 3 aromatic carbocycles. The van der Waals surface area contributed by atoms with E-state index in [-0.39, 0.29) is 56.2 Å². The van der Waals surface area contributed by atoms with E-state index in [0.29, 0.717) is 27.6 Å². The molecule has 3 atom stereocenters. The molecule has 1 fully saturated rings. The van der Waals surface area contributed by atoms with Crippen LogP contribution in [0.5, 0.6) is 0 Å². The van der Waals surface area contributed by atoms with Crippen LogP contribution in [-0.2, 0) is 68.8 Å². The molecule has 3 N–H and O–H groups in total. The zero-order valence-electron chi connectivity index (χ0n) is 35.9. The third-order valence-corrected chi connectivity index (χ3v) is 10.3. The van der Waals surface area contributed by atoms with Gasteiger partial charge in [-0.15, -0.1) is 11.3 Å². The van der Waals surface area contributed by atoms with Crippen LogP contribution in [0.25, 0.3) is 0 Å². The van der Waals surface area contributed by atoms with Gasteiger partial charge < -0.3 is 30.2 Å². The van der Waals surface area contributed by atoms with Crippen molar-refractivity contribution in [3.63, 3.8) is 0 Å². The van der Waals surface area contributed by atoms with Crippen LogP contribution in [0.1, 0.15) is 69.0 Å². The summed E-state index contributed by atoms with van der Waals surface area (Å²) in [6, 6.07) is 23.0. The van der Waals surface area contributed by atoms with Gasteiger partial charge in [0.15, 0.2) is 0 Å². The number of ether oxygens (including phenoxy) is 3. The average molecular weight is 943 g/mol. The highest BCUT2D eigenvalue weighted by Crippen LogP contribution is 2.28. The number of allylic oxidation sites excluding steroid dienone is 1. The number of halogens is 3. The second-order valence-corrected chi connectivity index (χ2v) is 17.3. The highest BCUT2D eigenvalue weighted by atomic mass is 35.5. The molecule has 338 valence electrons. The molecule has 1 aliphatic carbocycles. The molecule has 0 bridgehead atoms. The quantitative estimate of drug-likeness (QED) is 0.0504. The summed E-state index contributed by atoms with van der Waals surface area (Å²) in [5, 5.41) is 11.5. The predicted octanol–water partition coefficient (Wildman–Crippen LogP) is 8.43. The second kappa shape index (κ2) is 27.8. The number of amides is 3. The lowest BCUT2D eigenvalue weighted by Gasteiger charge is -2.13. The van der Waals surface area contributed by atoms with Crippen LogP contribution >= 0.6 is 46.1 Å². The Morgan fingerprint density at radius 2 is 1.03 bits per heavy atom. The van der Waals surface area contributed by atoms with Crippen molar-refractivity contribution in [2.45, 2.75) is 91.5 Å². The number of nitrogens with one attached hydrogen (secondary N) is 3. The van der Waals surface area contributed by atoms with Crippen LogP contribution in [0.4, 0.5) is 0 Å². The molecule has 3 amide bonds. The maximum atomic E-state index is 11.9. The first-order valence-corrected chi connectivity index (χ1v) is 22.3. The van der Waals surface area contributed by atoms with Gasteiger partial charge in [-0.1, -0.05) is 82.8 Å². The lowest BCUT2D eigenvalue weighted by molar-refractivity contribution is -0.148. The van der Waals surface area contributed by atoms with Crippen LogP contribution in [-0.4, -0.2) is 67.0 Å². The van der Waals surface area contributed by atoms with E-state index in [1.54, 1.807) is 81.4 Å². The van der Waals surface area contributed by atoms with Crippen molar-refractivity contribution in [3.05, 3.63) is 139 Å². The van der Waals surface area contributed by atoms with Gasteiger partial charge in [0.25, 0.3) is 0 Å². The van der Waals surface area contributed by atoms with Crippen LogP contribution in [0.2, 0.25) is 15.1 Å². The molecule has 63 heavy (non-hydrogen) atoms. The first-order chi connectivity index (χ1) is 30.0. The number of esters is 3. The van der Waals surface area contributed by atoms with E-state index < -0.39 is 30.1 Å². The number of benzene rings is 3. The fraction of sp³-hybridized carbons (Fsp3) is 0.362. The van der Waals surface area contributed by atoms with Gasteiger partial charge in [-0.3, -0.25) is 14.4 Å². The number of carbonyl (C=O) groups excluding carboxylic acids is 6. The van der Waals surface area contributed by atoms with Gasteiger partial charge in [-0.2, -0.15) is 0 Å². The average Bonchev–Trinajstić information content (AvgIpc) is 3.90. The van der Waals surface area contributed by atoms with Gasteiger partial charge in [0.2, 0.25) is 17.7 Å². The van der Waals surface area contributed by atoms with E-state index in [9.17, 15) is 28.8 Å². The van der Waals surface area contributed by atoms with Crippen molar-refractivity contribution in [1.29, 1.82) is 0 Å². The Labute approximate surface area is 388 Å². The third kappa shape index (κ3) is 22.6. The molecule has 1 heterocycles. The van der Waals surface area contributed by atoms with Gasteiger partial charge in [-0.05, 0) is 124 Å². The molecule has 0 radical (unpaired) electrons. The summed E-state index contributed by atoms with van der Waals surface area (Å²) in [4.78, 5) is 71.7. The zero-order valence-corrected chi connectivity index (χ0v) is 39.0. The minimum atomic E-state index is -0.688. The molecule has 16 heteroatoms. The molecule has 12 nitrogen and oxygen atoms in total. The van der Waals surface area contributed by atoms with Crippen LogP contribution in [0, 0.1) is 5.92 Å². The van der Waals surface area contributed by atoms with Crippen LogP contribution < -0.4 is 16.0 Å². The van der Waals surface area contributed by atoms with Crippen molar-refractivity contribution in [1.82, 2.24) is 16.0 Å². The fourth-order valence-electron chi connectivity index (χ4n) is 5.24. The Kier molecular flexibility index (Phi) is 23.0. The van der Waals surface area contributed by atoms with Crippen molar-refractivity contribution in [3.8, 4) is 0 Å². The number of carbonyl (C=O) groups is 6. The first kappa shape index (κ1) is 52.1. The monoisotopic (exact) mass is 941 g/mol. The number of hydrogen-bond donors (Lipinski definition) is 3. The molecule has 0 aliphatic heterocycles. The SMILES string of the molecule is CC(C)=CCOC(=O)[C@H](C)NC(=O)Cc1cccc(Cl)c1.C[C@H](NC(=O)Cc1cccc(Cl)c1)C(=O)OCC1CC1.C[C@H](NC(=O)Cc1cccc(Cl)c1)C(=O)OCc1cccs1. The topological polar surface area (TPSA) is 166 Å². The van der Waals surface area contributed by atoms with Crippen molar-refractivity contribution in [2.24, 2.45) is 5.92 Å². The summed E-state index contributed by atoms with van der Waals surface area (Å²) in [7, 11) is 0. The largest absolute Gasteiger partial charge is 0.464 e. The lowest BCUT2D eigenvalue weighted by atomic mass is 10.1. The van der Waals surface area contributed by atoms with Crippen molar-refractivity contribution in [2.75, 3.05) is 13.2 Å². The Morgan fingerprint density at radius 3 is 1.40 bits per heavy atom. The number of rotatable bonds is 18. The number of hydrogen-bond acceptors (Lipinski definition) is 10. The summed E-state index contributed by atoms with van der Waals surface area (Å²) >= 11 is 19.1. The molecular weight excluding hydrogens is 889 g/mol. The molecule has 1 aliphatic rings. The molecule has 4 aromatic rings. The molecule has 0 unspecified atom stereocenters. The van der Waals surface area contributed by atoms with E-state index >= 15 is 0 Å².